The summed E-state index contributed by atoms with van der Waals surface area (Å²) < 4.78 is 0. The molecular formula is C12H22O. The lowest BCUT2D eigenvalue weighted by Gasteiger charge is -2.34. The van der Waals surface area contributed by atoms with Crippen LogP contribution in [0.5, 0.6) is 0 Å². The monoisotopic (exact) mass is 182 g/mol. The molecule has 0 aliphatic heterocycles. The van der Waals surface area contributed by atoms with E-state index in [4.69, 9.17) is 0 Å². The van der Waals surface area contributed by atoms with Gasteiger partial charge in [-0.05, 0) is 37.5 Å². The molecule has 1 nitrogen and oxygen atoms in total. The van der Waals surface area contributed by atoms with E-state index in [1.54, 1.807) is 0 Å². The maximum atomic E-state index is 10.3. The zero-order valence-corrected chi connectivity index (χ0v) is 9.09. The maximum Gasteiger partial charge on any atom is 0.0853 e. The van der Waals surface area contributed by atoms with Crippen molar-refractivity contribution in [2.75, 3.05) is 0 Å². The van der Waals surface area contributed by atoms with E-state index in [0.717, 1.165) is 25.7 Å². The number of allylic oxidation sites excluding steroid dienone is 1. The maximum absolute atomic E-state index is 10.3. The van der Waals surface area contributed by atoms with Crippen LogP contribution < -0.4 is 0 Å². The van der Waals surface area contributed by atoms with Crippen molar-refractivity contribution in [1.29, 1.82) is 0 Å². The molecule has 1 aliphatic carbocycles. The predicted octanol–water partition coefficient (Wildman–Crippen LogP) is 3.14. The summed E-state index contributed by atoms with van der Waals surface area (Å²) in [5.74, 6) is 1.07. The highest BCUT2D eigenvalue weighted by molar-refractivity contribution is 5.07. The lowest BCUT2D eigenvalue weighted by molar-refractivity contribution is 0.0133. The van der Waals surface area contributed by atoms with Gasteiger partial charge in [0.15, 0.2) is 0 Å². The summed E-state index contributed by atoms with van der Waals surface area (Å²) >= 11 is 0. The minimum Gasteiger partial charge on any atom is -0.386 e. The third-order valence-corrected chi connectivity index (χ3v) is 3.03. The van der Waals surface area contributed by atoms with Crippen molar-refractivity contribution in [2.45, 2.75) is 52.1 Å². The Labute approximate surface area is 81.9 Å². The number of hydrogen-bond acceptors (Lipinski definition) is 1. The van der Waals surface area contributed by atoms with E-state index in [0.29, 0.717) is 11.8 Å². The Kier molecular flexibility index (Phi) is 3.55. The third-order valence-electron chi connectivity index (χ3n) is 3.03. The minimum atomic E-state index is -0.511. The molecule has 0 bridgehead atoms. The summed E-state index contributed by atoms with van der Waals surface area (Å²) in [6.45, 7) is 6.59. The largest absolute Gasteiger partial charge is 0.386 e. The van der Waals surface area contributed by atoms with Crippen LogP contribution in [0.15, 0.2) is 12.2 Å². The van der Waals surface area contributed by atoms with Gasteiger partial charge < -0.3 is 5.11 Å². The first-order valence-electron chi connectivity index (χ1n) is 5.44. The van der Waals surface area contributed by atoms with E-state index in [-0.39, 0.29) is 0 Å². The van der Waals surface area contributed by atoms with Crippen molar-refractivity contribution in [1.82, 2.24) is 0 Å². The van der Waals surface area contributed by atoms with Gasteiger partial charge in [-0.3, -0.25) is 0 Å². The highest BCUT2D eigenvalue weighted by atomic mass is 16.3. The van der Waals surface area contributed by atoms with Crippen molar-refractivity contribution in [3.63, 3.8) is 0 Å². The minimum absolute atomic E-state index is 0.393. The molecule has 1 rings (SSSR count). The quantitative estimate of drug-likeness (QED) is 0.665. The second-order valence-electron chi connectivity index (χ2n) is 4.82. The van der Waals surface area contributed by atoms with Crippen LogP contribution in [0.1, 0.15) is 46.5 Å². The van der Waals surface area contributed by atoms with Gasteiger partial charge in [-0.2, -0.15) is 0 Å². The molecule has 0 aromatic heterocycles. The van der Waals surface area contributed by atoms with Gasteiger partial charge >= 0.3 is 0 Å². The normalized spacial score (nSPS) is 30.8. The first-order chi connectivity index (χ1) is 6.04. The fourth-order valence-corrected chi connectivity index (χ4v) is 2.20. The SMILES string of the molecule is CC(C)CC(C)C1(O)C=CCCC1. The molecule has 1 aliphatic rings. The van der Waals surface area contributed by atoms with E-state index >= 15 is 0 Å². The fraction of sp³-hybridized carbons (Fsp3) is 0.833. The molecule has 76 valence electrons. The third kappa shape index (κ3) is 2.84. The fourth-order valence-electron chi connectivity index (χ4n) is 2.20. The van der Waals surface area contributed by atoms with Crippen molar-refractivity contribution >= 4 is 0 Å². The molecule has 1 heteroatoms. The molecule has 0 aromatic carbocycles. The van der Waals surface area contributed by atoms with Gasteiger partial charge in [-0.15, -0.1) is 0 Å². The Balaban J connectivity index is 2.56. The topological polar surface area (TPSA) is 20.2 Å². The average molecular weight is 182 g/mol. The van der Waals surface area contributed by atoms with Gasteiger partial charge in [0.2, 0.25) is 0 Å². The van der Waals surface area contributed by atoms with Crippen LogP contribution in [-0.2, 0) is 0 Å². The van der Waals surface area contributed by atoms with E-state index in [9.17, 15) is 5.11 Å². The molecule has 0 saturated carbocycles. The molecule has 0 radical (unpaired) electrons. The van der Waals surface area contributed by atoms with Crippen molar-refractivity contribution in [3.8, 4) is 0 Å². The first kappa shape index (κ1) is 10.8. The Morgan fingerprint density at radius 2 is 2.08 bits per heavy atom. The second-order valence-corrected chi connectivity index (χ2v) is 4.82. The summed E-state index contributed by atoms with van der Waals surface area (Å²) in [4.78, 5) is 0. The Bertz CT molecular complexity index is 184. The summed E-state index contributed by atoms with van der Waals surface area (Å²) in [7, 11) is 0. The summed E-state index contributed by atoms with van der Waals surface area (Å²) in [5.41, 5.74) is -0.511. The standard InChI is InChI=1S/C12H22O/c1-10(2)9-11(3)12(13)7-5-4-6-8-12/h5,7,10-11,13H,4,6,8-9H2,1-3H3. The lowest BCUT2D eigenvalue weighted by atomic mass is 9.77. The van der Waals surface area contributed by atoms with Gasteiger partial charge in [0.1, 0.15) is 0 Å². The van der Waals surface area contributed by atoms with Crippen LogP contribution in [-0.4, -0.2) is 10.7 Å². The second kappa shape index (κ2) is 4.28. The van der Waals surface area contributed by atoms with Crippen molar-refractivity contribution < 1.29 is 5.11 Å². The lowest BCUT2D eigenvalue weighted by Crippen LogP contribution is -2.36. The number of rotatable bonds is 3. The van der Waals surface area contributed by atoms with Crippen LogP contribution in [0.4, 0.5) is 0 Å². The zero-order valence-electron chi connectivity index (χ0n) is 9.09. The smallest absolute Gasteiger partial charge is 0.0853 e. The molecule has 0 saturated heterocycles. The summed E-state index contributed by atoms with van der Waals surface area (Å²) in [6, 6.07) is 0. The summed E-state index contributed by atoms with van der Waals surface area (Å²) in [6.07, 6.45) is 8.47. The van der Waals surface area contributed by atoms with Crippen LogP contribution in [0.25, 0.3) is 0 Å². The van der Waals surface area contributed by atoms with E-state index < -0.39 is 5.60 Å². The average Bonchev–Trinajstić information content (AvgIpc) is 2.04. The van der Waals surface area contributed by atoms with Crippen LogP contribution in [0.3, 0.4) is 0 Å². The molecular weight excluding hydrogens is 160 g/mol. The Morgan fingerprint density at radius 3 is 2.54 bits per heavy atom. The molecule has 1 N–H and O–H groups in total. The Hall–Kier alpha value is -0.300. The van der Waals surface area contributed by atoms with Gasteiger partial charge in [0, 0.05) is 0 Å². The molecule has 0 amide bonds. The van der Waals surface area contributed by atoms with E-state index in [1.807, 2.05) is 6.08 Å². The number of aliphatic hydroxyl groups is 1. The van der Waals surface area contributed by atoms with E-state index in [2.05, 4.69) is 26.8 Å². The van der Waals surface area contributed by atoms with Gasteiger partial charge in [0.25, 0.3) is 0 Å². The van der Waals surface area contributed by atoms with Crippen molar-refractivity contribution in [2.24, 2.45) is 11.8 Å². The molecule has 0 heterocycles. The van der Waals surface area contributed by atoms with Gasteiger partial charge in [-0.25, -0.2) is 0 Å². The van der Waals surface area contributed by atoms with Crippen LogP contribution in [0.2, 0.25) is 0 Å². The van der Waals surface area contributed by atoms with Crippen molar-refractivity contribution in [3.05, 3.63) is 12.2 Å². The predicted molar refractivity (Wildman–Crippen MR) is 56.6 cm³/mol. The van der Waals surface area contributed by atoms with Crippen LogP contribution in [0, 0.1) is 11.8 Å². The highest BCUT2D eigenvalue weighted by Gasteiger charge is 2.31. The van der Waals surface area contributed by atoms with Gasteiger partial charge in [-0.1, -0.05) is 32.9 Å². The first-order valence-corrected chi connectivity index (χ1v) is 5.44. The van der Waals surface area contributed by atoms with E-state index in [1.165, 1.54) is 0 Å². The summed E-state index contributed by atoms with van der Waals surface area (Å²) in [5, 5.41) is 10.3. The molecule has 0 fully saturated rings. The zero-order chi connectivity index (χ0) is 9.90. The highest BCUT2D eigenvalue weighted by Crippen LogP contribution is 2.32. The van der Waals surface area contributed by atoms with Crippen LogP contribution >= 0.6 is 0 Å². The van der Waals surface area contributed by atoms with Gasteiger partial charge in [0.05, 0.1) is 5.60 Å². The molecule has 0 spiro atoms. The molecule has 13 heavy (non-hydrogen) atoms. The Morgan fingerprint density at radius 1 is 1.38 bits per heavy atom. The molecule has 2 unspecified atom stereocenters. The number of hydrogen-bond donors (Lipinski definition) is 1. The molecule has 0 aromatic rings. The molecule has 2 atom stereocenters.